The second-order valence-corrected chi connectivity index (χ2v) is 11.6. The van der Waals surface area contributed by atoms with Gasteiger partial charge in [0, 0.05) is 39.8 Å². The highest BCUT2D eigenvalue weighted by atomic mass is 79.9. The third-order valence-electron chi connectivity index (χ3n) is 7.62. The van der Waals surface area contributed by atoms with E-state index in [4.69, 9.17) is 16.7 Å². The molecule has 0 saturated carbocycles. The summed E-state index contributed by atoms with van der Waals surface area (Å²) in [5.74, 6) is -1.23. The Bertz CT molecular complexity index is 1580. The van der Waals surface area contributed by atoms with E-state index in [1.807, 2.05) is 36.1 Å². The summed E-state index contributed by atoms with van der Waals surface area (Å²) < 4.78 is 15.4. The average molecular weight is 641 g/mol. The first-order valence-corrected chi connectivity index (χ1v) is 14.5. The van der Waals surface area contributed by atoms with Crippen molar-refractivity contribution in [2.75, 3.05) is 17.2 Å². The van der Waals surface area contributed by atoms with Crippen LogP contribution >= 0.6 is 27.5 Å². The van der Waals surface area contributed by atoms with Crippen LogP contribution in [0.1, 0.15) is 49.8 Å². The number of hydrogen-bond acceptors (Lipinski definition) is 3. The standard InChI is InChI=1S/C31H28BrClFN3O4/c1-17-4-2-7-26(37-13-12-20(15-27(37)38)28-23(32)10-11-24(33)29(28)34)19-6-3-5-18(14-19)22-9-8-21(35-31(40)41)16-25(22)36-30(17)39/h3,5-6,8-11,14-17,26,35H,2,4,7,12-13H2,1H3,(H,36,39)(H,40,41)/t17-,26+/m1/s1. The van der Waals surface area contributed by atoms with E-state index in [2.05, 4.69) is 26.6 Å². The summed E-state index contributed by atoms with van der Waals surface area (Å²) in [6.45, 7) is 2.25. The predicted octanol–water partition coefficient (Wildman–Crippen LogP) is 8.11. The Labute approximate surface area is 250 Å². The normalized spacial score (nSPS) is 19.3. The highest BCUT2D eigenvalue weighted by Crippen LogP contribution is 2.39. The van der Waals surface area contributed by atoms with Crippen LogP contribution in [-0.4, -0.2) is 34.5 Å². The SMILES string of the molecule is C[C@@H]1CCC[C@H](N2CCC(c3c(Br)ccc(Cl)c3F)=CC2=O)c2cccc(c2)-c2ccc(NC(=O)O)cc2NC1=O. The van der Waals surface area contributed by atoms with Gasteiger partial charge in [-0.1, -0.05) is 65.1 Å². The zero-order valence-electron chi connectivity index (χ0n) is 22.2. The van der Waals surface area contributed by atoms with E-state index in [1.165, 1.54) is 12.1 Å². The van der Waals surface area contributed by atoms with Crippen molar-refractivity contribution in [3.63, 3.8) is 0 Å². The molecule has 10 heteroatoms. The molecule has 2 aliphatic rings. The minimum absolute atomic E-state index is 0.000546. The first kappa shape index (κ1) is 28.8. The molecule has 0 aliphatic carbocycles. The number of anilines is 2. The fraction of sp³-hybridized carbons (Fsp3) is 0.258. The van der Waals surface area contributed by atoms with Gasteiger partial charge in [-0.2, -0.15) is 0 Å². The number of carbonyl (C=O) groups is 3. The summed E-state index contributed by atoms with van der Waals surface area (Å²) in [5.41, 5.74) is 4.23. The zero-order valence-corrected chi connectivity index (χ0v) is 24.6. The third kappa shape index (κ3) is 6.16. The van der Waals surface area contributed by atoms with Crippen molar-refractivity contribution >= 4 is 62.4 Å². The molecular weight excluding hydrogens is 613 g/mol. The second-order valence-electron chi connectivity index (χ2n) is 10.3. The van der Waals surface area contributed by atoms with Gasteiger partial charge in [-0.05, 0) is 66.3 Å². The zero-order chi connectivity index (χ0) is 29.3. The maximum atomic E-state index is 14.9. The van der Waals surface area contributed by atoms with Crippen molar-refractivity contribution < 1.29 is 23.9 Å². The monoisotopic (exact) mass is 639 g/mol. The lowest BCUT2D eigenvalue weighted by atomic mass is 9.90. The number of carbonyl (C=O) groups excluding carboxylic acids is 2. The van der Waals surface area contributed by atoms with Gasteiger partial charge in [0.05, 0.1) is 16.8 Å². The molecule has 0 saturated heterocycles. The van der Waals surface area contributed by atoms with E-state index in [0.29, 0.717) is 59.2 Å². The fourth-order valence-electron chi connectivity index (χ4n) is 5.50. The van der Waals surface area contributed by atoms with Gasteiger partial charge in [-0.3, -0.25) is 14.9 Å². The van der Waals surface area contributed by atoms with Gasteiger partial charge in [0.1, 0.15) is 5.82 Å². The van der Waals surface area contributed by atoms with Crippen LogP contribution in [0.25, 0.3) is 16.7 Å². The summed E-state index contributed by atoms with van der Waals surface area (Å²) in [7, 11) is 0. The molecule has 3 N–H and O–H groups in total. The summed E-state index contributed by atoms with van der Waals surface area (Å²) in [6, 6.07) is 15.7. The molecule has 7 nitrogen and oxygen atoms in total. The van der Waals surface area contributed by atoms with Crippen LogP contribution < -0.4 is 10.6 Å². The molecular formula is C31H28BrClFN3O4. The Morgan fingerprint density at radius 2 is 1.95 bits per heavy atom. The van der Waals surface area contributed by atoms with Gasteiger partial charge >= 0.3 is 6.09 Å². The molecule has 212 valence electrons. The van der Waals surface area contributed by atoms with E-state index < -0.39 is 11.9 Å². The van der Waals surface area contributed by atoms with Crippen molar-refractivity contribution in [3.05, 3.63) is 87.1 Å². The van der Waals surface area contributed by atoms with Crippen molar-refractivity contribution in [2.45, 2.75) is 38.6 Å². The van der Waals surface area contributed by atoms with Crippen molar-refractivity contribution in [1.82, 2.24) is 4.90 Å². The number of fused-ring (bicyclic) bond motifs is 4. The number of carboxylic acid groups (broad SMARTS) is 1. The largest absolute Gasteiger partial charge is 0.465 e. The van der Waals surface area contributed by atoms with E-state index in [9.17, 15) is 18.8 Å². The number of benzene rings is 3. The van der Waals surface area contributed by atoms with Crippen LogP contribution in [0.5, 0.6) is 0 Å². The lowest BCUT2D eigenvalue weighted by Crippen LogP contribution is -2.37. The molecule has 5 rings (SSSR count). The quantitative estimate of drug-likeness (QED) is 0.252. The summed E-state index contributed by atoms with van der Waals surface area (Å²) in [6.07, 6.45) is 2.71. The Balaban J connectivity index is 1.53. The number of nitrogens with zero attached hydrogens (tertiary/aromatic N) is 1. The minimum Gasteiger partial charge on any atom is -0.465 e. The smallest absolute Gasteiger partial charge is 0.409 e. The highest BCUT2D eigenvalue weighted by molar-refractivity contribution is 9.10. The molecule has 2 atom stereocenters. The van der Waals surface area contributed by atoms with E-state index in [-0.39, 0.29) is 28.8 Å². The summed E-state index contributed by atoms with van der Waals surface area (Å²) in [4.78, 5) is 39.6. The van der Waals surface area contributed by atoms with Crippen molar-refractivity contribution in [2.24, 2.45) is 5.92 Å². The van der Waals surface area contributed by atoms with E-state index in [0.717, 1.165) is 16.7 Å². The lowest BCUT2D eigenvalue weighted by molar-refractivity contribution is -0.129. The number of halogens is 3. The Hall–Kier alpha value is -3.69. The van der Waals surface area contributed by atoms with Crippen LogP contribution in [0.4, 0.5) is 20.6 Å². The average Bonchev–Trinajstić information content (AvgIpc) is 2.93. The predicted molar refractivity (Wildman–Crippen MR) is 161 cm³/mol. The van der Waals surface area contributed by atoms with E-state index >= 15 is 0 Å². The lowest BCUT2D eigenvalue weighted by Gasteiger charge is -2.35. The van der Waals surface area contributed by atoms with Gasteiger partial charge in [-0.15, -0.1) is 0 Å². The first-order chi connectivity index (χ1) is 19.6. The molecule has 0 radical (unpaired) electrons. The molecule has 3 aromatic carbocycles. The summed E-state index contributed by atoms with van der Waals surface area (Å²) >= 11 is 9.43. The molecule has 41 heavy (non-hydrogen) atoms. The Morgan fingerprint density at radius 3 is 2.71 bits per heavy atom. The molecule has 2 bridgehead atoms. The molecule has 2 aliphatic heterocycles. The maximum Gasteiger partial charge on any atom is 0.409 e. The van der Waals surface area contributed by atoms with E-state index in [1.54, 1.807) is 24.3 Å². The van der Waals surface area contributed by atoms with Gasteiger partial charge in [0.2, 0.25) is 11.8 Å². The number of rotatable bonds is 3. The van der Waals surface area contributed by atoms with Crippen LogP contribution in [0.15, 0.2) is 65.1 Å². The van der Waals surface area contributed by atoms with Crippen molar-refractivity contribution in [3.8, 4) is 11.1 Å². The molecule has 0 fully saturated rings. The van der Waals surface area contributed by atoms with Crippen LogP contribution in [0.2, 0.25) is 5.02 Å². The Kier molecular flexibility index (Phi) is 8.47. The minimum atomic E-state index is -1.20. The van der Waals surface area contributed by atoms with Crippen molar-refractivity contribution in [1.29, 1.82) is 0 Å². The molecule has 0 aromatic heterocycles. The molecule has 2 heterocycles. The second kappa shape index (κ2) is 12.0. The van der Waals surface area contributed by atoms with Crippen LogP contribution in [0.3, 0.4) is 0 Å². The van der Waals surface area contributed by atoms with Gasteiger partial charge in [-0.25, -0.2) is 9.18 Å². The highest BCUT2D eigenvalue weighted by Gasteiger charge is 2.30. The Morgan fingerprint density at radius 1 is 1.15 bits per heavy atom. The molecule has 3 aromatic rings. The van der Waals surface area contributed by atoms with Gasteiger partial charge < -0.3 is 15.3 Å². The topological polar surface area (TPSA) is 98.7 Å². The first-order valence-electron chi connectivity index (χ1n) is 13.3. The number of amides is 3. The van der Waals surface area contributed by atoms with Crippen LogP contribution in [0, 0.1) is 11.7 Å². The summed E-state index contributed by atoms with van der Waals surface area (Å²) in [5, 5.41) is 14.5. The maximum absolute atomic E-state index is 14.9. The molecule has 3 amide bonds. The third-order valence-corrected chi connectivity index (χ3v) is 8.57. The number of nitrogens with one attached hydrogen (secondary N) is 2. The van der Waals surface area contributed by atoms with Gasteiger partial charge in [0.25, 0.3) is 0 Å². The van der Waals surface area contributed by atoms with Gasteiger partial charge in [0.15, 0.2) is 0 Å². The molecule has 0 spiro atoms. The van der Waals surface area contributed by atoms with Crippen LogP contribution in [-0.2, 0) is 9.59 Å². The fourth-order valence-corrected chi connectivity index (χ4v) is 6.22. The molecule has 0 unspecified atom stereocenters. The number of hydrogen-bond donors (Lipinski definition) is 3.